The number of aromatic nitrogens is 1. The van der Waals surface area contributed by atoms with Crippen molar-refractivity contribution in [3.8, 4) is 0 Å². The Labute approximate surface area is 109 Å². The molecule has 0 aliphatic heterocycles. The number of hydrogen-bond acceptors (Lipinski definition) is 2. The van der Waals surface area contributed by atoms with E-state index in [1.165, 1.54) is 22.8 Å². The van der Waals surface area contributed by atoms with E-state index in [1.807, 2.05) is 0 Å². The summed E-state index contributed by atoms with van der Waals surface area (Å²) in [6.45, 7) is 2.08. The predicted molar refractivity (Wildman–Crippen MR) is 70.4 cm³/mol. The van der Waals surface area contributed by atoms with E-state index in [1.54, 1.807) is 19.2 Å². The second-order valence-corrected chi connectivity index (χ2v) is 4.53. The zero-order valence-corrected chi connectivity index (χ0v) is 10.5. The van der Waals surface area contributed by atoms with Crippen LogP contribution in [0.4, 0.5) is 10.1 Å². The molecule has 2 aromatic rings. The average Bonchev–Trinajstić information content (AvgIpc) is 2.31. The Kier molecular flexibility index (Phi) is 3.39. The Hall–Kier alpha value is -1.81. The topological polar surface area (TPSA) is 48.0 Å². The lowest BCUT2D eigenvalue weighted by atomic mass is 10.2. The Morgan fingerprint density at radius 3 is 2.78 bits per heavy atom. The molecule has 18 heavy (non-hydrogen) atoms. The Balaban J connectivity index is 2.37. The van der Waals surface area contributed by atoms with Gasteiger partial charge >= 0.3 is 0 Å². The maximum absolute atomic E-state index is 13.0. The molecule has 3 nitrogen and oxygen atoms in total. The highest BCUT2D eigenvalue weighted by molar-refractivity contribution is 6.30. The van der Waals surface area contributed by atoms with Gasteiger partial charge in [0.15, 0.2) is 0 Å². The average molecular weight is 267 g/mol. The largest absolute Gasteiger partial charge is 0.397 e. The number of rotatable bonds is 2. The van der Waals surface area contributed by atoms with Gasteiger partial charge in [0.25, 0.3) is 5.56 Å². The molecule has 5 heteroatoms. The van der Waals surface area contributed by atoms with E-state index in [-0.39, 0.29) is 10.6 Å². The van der Waals surface area contributed by atoms with Gasteiger partial charge in [0.1, 0.15) is 5.82 Å². The van der Waals surface area contributed by atoms with Crippen LogP contribution in [-0.2, 0) is 6.54 Å². The number of nitrogens with zero attached hydrogens (tertiary/aromatic N) is 1. The first-order chi connectivity index (χ1) is 8.47. The fourth-order valence-electron chi connectivity index (χ4n) is 1.64. The fraction of sp³-hybridized carbons (Fsp3) is 0.154. The molecule has 0 spiro atoms. The number of benzene rings is 1. The molecule has 0 unspecified atom stereocenters. The second kappa shape index (κ2) is 4.82. The minimum absolute atomic E-state index is 0.0423. The Morgan fingerprint density at radius 1 is 1.39 bits per heavy atom. The molecule has 0 fully saturated rings. The Morgan fingerprint density at radius 2 is 2.11 bits per heavy atom. The molecular formula is C13H12ClFN2O. The molecule has 0 amide bonds. The lowest BCUT2D eigenvalue weighted by Crippen LogP contribution is -2.20. The number of halogens is 2. The highest BCUT2D eigenvalue weighted by atomic mass is 35.5. The van der Waals surface area contributed by atoms with Crippen LogP contribution in [0.3, 0.4) is 0 Å². The van der Waals surface area contributed by atoms with Crippen LogP contribution in [0.2, 0.25) is 5.02 Å². The molecular weight excluding hydrogens is 255 g/mol. The van der Waals surface area contributed by atoms with Gasteiger partial charge in [0.05, 0.1) is 17.3 Å². The Bertz CT molecular complexity index is 652. The molecule has 2 rings (SSSR count). The van der Waals surface area contributed by atoms with Gasteiger partial charge in [-0.05, 0) is 30.2 Å². The van der Waals surface area contributed by atoms with Crippen LogP contribution in [0, 0.1) is 12.7 Å². The molecule has 0 aliphatic carbocycles. The lowest BCUT2D eigenvalue weighted by Gasteiger charge is -2.09. The molecule has 0 aliphatic rings. The first kappa shape index (κ1) is 12.6. The number of hydrogen-bond donors (Lipinski definition) is 1. The maximum atomic E-state index is 13.0. The molecule has 94 valence electrons. The van der Waals surface area contributed by atoms with Crippen molar-refractivity contribution in [2.75, 3.05) is 5.73 Å². The highest BCUT2D eigenvalue weighted by Gasteiger charge is 2.04. The zero-order chi connectivity index (χ0) is 13.3. The SMILES string of the molecule is Cc1cc(=O)n(Cc2ccc(F)c(Cl)c2)cc1N. The van der Waals surface area contributed by atoms with Crippen LogP contribution in [0.1, 0.15) is 11.1 Å². The number of pyridine rings is 1. The minimum atomic E-state index is -0.476. The lowest BCUT2D eigenvalue weighted by molar-refractivity contribution is 0.626. The third kappa shape index (κ3) is 2.54. The molecule has 0 atom stereocenters. The van der Waals surface area contributed by atoms with Gasteiger partial charge in [0.2, 0.25) is 0 Å². The molecule has 1 aromatic heterocycles. The van der Waals surface area contributed by atoms with Crippen LogP contribution < -0.4 is 11.3 Å². The van der Waals surface area contributed by atoms with Gasteiger partial charge in [-0.3, -0.25) is 4.79 Å². The van der Waals surface area contributed by atoms with E-state index in [2.05, 4.69) is 0 Å². The predicted octanol–water partition coefficient (Wildman–Crippen LogP) is 2.58. The van der Waals surface area contributed by atoms with Crippen molar-refractivity contribution >= 4 is 17.3 Å². The molecule has 0 radical (unpaired) electrons. The number of anilines is 1. The van der Waals surface area contributed by atoms with Crippen LogP contribution in [0.25, 0.3) is 0 Å². The maximum Gasteiger partial charge on any atom is 0.251 e. The molecule has 2 N–H and O–H groups in total. The first-order valence-electron chi connectivity index (χ1n) is 5.38. The van der Waals surface area contributed by atoms with Gasteiger partial charge < -0.3 is 10.3 Å². The van der Waals surface area contributed by atoms with Crippen molar-refractivity contribution in [3.63, 3.8) is 0 Å². The molecule has 0 saturated heterocycles. The van der Waals surface area contributed by atoms with Crippen LogP contribution in [-0.4, -0.2) is 4.57 Å². The number of nitrogen functional groups attached to an aromatic ring is 1. The van der Waals surface area contributed by atoms with Crippen molar-refractivity contribution in [3.05, 3.63) is 62.8 Å². The van der Waals surface area contributed by atoms with Crippen LogP contribution in [0.5, 0.6) is 0 Å². The van der Waals surface area contributed by atoms with Crippen molar-refractivity contribution in [1.29, 1.82) is 0 Å². The van der Waals surface area contributed by atoms with Crippen molar-refractivity contribution < 1.29 is 4.39 Å². The van der Waals surface area contributed by atoms with Gasteiger partial charge in [0, 0.05) is 12.3 Å². The van der Waals surface area contributed by atoms with E-state index in [0.717, 1.165) is 11.1 Å². The first-order valence-corrected chi connectivity index (χ1v) is 5.75. The van der Waals surface area contributed by atoms with E-state index in [4.69, 9.17) is 17.3 Å². The van der Waals surface area contributed by atoms with Crippen molar-refractivity contribution in [1.82, 2.24) is 4.57 Å². The summed E-state index contributed by atoms with van der Waals surface area (Å²) in [6, 6.07) is 5.84. The quantitative estimate of drug-likeness (QED) is 0.908. The minimum Gasteiger partial charge on any atom is -0.397 e. The van der Waals surface area contributed by atoms with E-state index < -0.39 is 5.82 Å². The highest BCUT2D eigenvalue weighted by Crippen LogP contribution is 2.16. The van der Waals surface area contributed by atoms with Gasteiger partial charge in [-0.1, -0.05) is 17.7 Å². The summed E-state index contributed by atoms with van der Waals surface area (Å²) < 4.78 is 14.5. The third-order valence-electron chi connectivity index (χ3n) is 2.71. The number of nitrogens with two attached hydrogens (primary N) is 1. The summed E-state index contributed by atoms with van der Waals surface area (Å²) in [5.74, 6) is -0.476. The summed E-state index contributed by atoms with van der Waals surface area (Å²) in [7, 11) is 0. The van der Waals surface area contributed by atoms with E-state index in [0.29, 0.717) is 12.2 Å². The summed E-state index contributed by atoms with van der Waals surface area (Å²) in [6.07, 6.45) is 1.58. The standard InChI is InChI=1S/C13H12ClFN2O/c1-8-4-13(18)17(7-12(8)16)6-9-2-3-11(15)10(14)5-9/h2-5,7H,6,16H2,1H3. The summed E-state index contributed by atoms with van der Waals surface area (Å²) >= 11 is 5.69. The monoisotopic (exact) mass is 266 g/mol. The third-order valence-corrected chi connectivity index (χ3v) is 3.00. The molecule has 0 bridgehead atoms. The van der Waals surface area contributed by atoms with Crippen molar-refractivity contribution in [2.45, 2.75) is 13.5 Å². The molecule has 0 saturated carbocycles. The van der Waals surface area contributed by atoms with Crippen LogP contribution in [0.15, 0.2) is 35.3 Å². The second-order valence-electron chi connectivity index (χ2n) is 4.13. The summed E-state index contributed by atoms with van der Waals surface area (Å²) in [5, 5.41) is 0.0423. The van der Waals surface area contributed by atoms with Gasteiger partial charge in [-0.15, -0.1) is 0 Å². The van der Waals surface area contributed by atoms with E-state index >= 15 is 0 Å². The zero-order valence-electron chi connectivity index (χ0n) is 9.78. The summed E-state index contributed by atoms with van der Waals surface area (Å²) in [4.78, 5) is 11.7. The van der Waals surface area contributed by atoms with Gasteiger partial charge in [-0.2, -0.15) is 0 Å². The molecule has 1 heterocycles. The van der Waals surface area contributed by atoms with E-state index in [9.17, 15) is 9.18 Å². The van der Waals surface area contributed by atoms with Gasteiger partial charge in [-0.25, -0.2) is 4.39 Å². The van der Waals surface area contributed by atoms with Crippen molar-refractivity contribution in [2.24, 2.45) is 0 Å². The smallest absolute Gasteiger partial charge is 0.251 e. The summed E-state index contributed by atoms with van der Waals surface area (Å²) in [5.41, 5.74) is 7.63. The fourth-order valence-corrected chi connectivity index (χ4v) is 1.85. The number of aryl methyl sites for hydroxylation is 1. The van der Waals surface area contributed by atoms with Crippen LogP contribution >= 0.6 is 11.6 Å². The molecule has 1 aromatic carbocycles. The normalized spacial score (nSPS) is 10.6.